The molecule has 0 aliphatic heterocycles. The van der Waals surface area contributed by atoms with Gasteiger partial charge in [0.15, 0.2) is 6.29 Å². The van der Waals surface area contributed by atoms with Crippen LogP contribution in [0.4, 0.5) is 0 Å². The zero-order valence-corrected chi connectivity index (χ0v) is 10.3. The Bertz CT molecular complexity index is 314. The third-order valence-electron chi connectivity index (χ3n) is 2.14. The van der Waals surface area contributed by atoms with E-state index in [1.54, 1.807) is 0 Å². The fourth-order valence-electron chi connectivity index (χ4n) is 1.35. The van der Waals surface area contributed by atoms with E-state index in [0.717, 1.165) is 17.7 Å². The Kier molecular flexibility index (Phi) is 5.06. The molecule has 1 atom stereocenters. The Morgan fingerprint density at radius 2 is 1.88 bits per heavy atom. The van der Waals surface area contributed by atoms with E-state index in [2.05, 4.69) is 6.58 Å². The molecule has 0 fully saturated rings. The first kappa shape index (κ1) is 12.8. The van der Waals surface area contributed by atoms with Crippen LogP contribution in [0.25, 0.3) is 6.08 Å². The topological polar surface area (TPSA) is 18.5 Å². The molecule has 0 aliphatic rings. The van der Waals surface area contributed by atoms with Gasteiger partial charge in [-0.25, -0.2) is 0 Å². The summed E-state index contributed by atoms with van der Waals surface area (Å²) in [6.45, 7) is 9.77. The van der Waals surface area contributed by atoms with E-state index in [0.29, 0.717) is 0 Å². The van der Waals surface area contributed by atoms with Crippen molar-refractivity contribution in [3.8, 4) is 5.75 Å². The van der Waals surface area contributed by atoms with E-state index in [1.807, 2.05) is 51.1 Å². The largest absolute Gasteiger partial charge is 0.465 e. The zero-order valence-electron chi connectivity index (χ0n) is 10.3. The van der Waals surface area contributed by atoms with Crippen molar-refractivity contribution in [1.29, 1.82) is 0 Å². The molecule has 0 N–H and O–H groups in total. The third kappa shape index (κ3) is 4.07. The maximum Gasteiger partial charge on any atom is 0.199 e. The number of hydrogen-bond acceptors (Lipinski definition) is 2. The van der Waals surface area contributed by atoms with Crippen molar-refractivity contribution >= 4 is 6.08 Å². The Balaban J connectivity index is 2.59. The molecular formula is C14H20O2. The fourth-order valence-corrected chi connectivity index (χ4v) is 1.35. The van der Waals surface area contributed by atoms with Crippen LogP contribution in [-0.2, 0) is 4.74 Å². The Labute approximate surface area is 97.9 Å². The molecule has 1 unspecified atom stereocenters. The van der Waals surface area contributed by atoms with Crippen LogP contribution in [0, 0.1) is 0 Å². The van der Waals surface area contributed by atoms with Crippen molar-refractivity contribution in [2.75, 3.05) is 0 Å². The molecule has 0 aliphatic carbocycles. The Morgan fingerprint density at radius 3 is 2.31 bits per heavy atom. The molecule has 0 spiro atoms. The average molecular weight is 220 g/mol. The molecule has 1 aromatic carbocycles. The van der Waals surface area contributed by atoms with Crippen LogP contribution in [0.2, 0.25) is 0 Å². The molecule has 0 radical (unpaired) electrons. The van der Waals surface area contributed by atoms with Gasteiger partial charge in [0.2, 0.25) is 0 Å². The summed E-state index contributed by atoms with van der Waals surface area (Å²) in [5.41, 5.74) is 1.09. The molecule has 1 rings (SSSR count). The predicted molar refractivity (Wildman–Crippen MR) is 67.5 cm³/mol. The second-order valence-electron chi connectivity index (χ2n) is 3.91. The number of ether oxygens (including phenoxy) is 2. The summed E-state index contributed by atoms with van der Waals surface area (Å²) in [6, 6.07) is 7.82. The number of benzene rings is 1. The maximum atomic E-state index is 5.72. The van der Waals surface area contributed by atoms with Gasteiger partial charge >= 0.3 is 0 Å². The fraction of sp³-hybridized carbons (Fsp3) is 0.429. The highest BCUT2D eigenvalue weighted by Crippen LogP contribution is 2.16. The zero-order chi connectivity index (χ0) is 12.0. The quantitative estimate of drug-likeness (QED) is 0.677. The summed E-state index contributed by atoms with van der Waals surface area (Å²) in [4.78, 5) is 0. The number of hydrogen-bond donors (Lipinski definition) is 0. The van der Waals surface area contributed by atoms with Crippen molar-refractivity contribution in [3.63, 3.8) is 0 Å². The summed E-state index contributed by atoms with van der Waals surface area (Å²) < 4.78 is 11.3. The van der Waals surface area contributed by atoms with Gasteiger partial charge in [-0.3, -0.25) is 0 Å². The van der Waals surface area contributed by atoms with Gasteiger partial charge in [-0.2, -0.15) is 0 Å². The van der Waals surface area contributed by atoms with Gasteiger partial charge in [-0.15, -0.1) is 0 Å². The second kappa shape index (κ2) is 6.33. The first-order valence-electron chi connectivity index (χ1n) is 5.70. The van der Waals surface area contributed by atoms with Crippen LogP contribution in [0.1, 0.15) is 32.8 Å². The van der Waals surface area contributed by atoms with E-state index in [9.17, 15) is 0 Å². The normalized spacial score (nSPS) is 12.5. The molecule has 2 heteroatoms. The van der Waals surface area contributed by atoms with Gasteiger partial charge in [0, 0.05) is 6.42 Å². The molecule has 16 heavy (non-hydrogen) atoms. The maximum absolute atomic E-state index is 5.72. The van der Waals surface area contributed by atoms with Crippen LogP contribution < -0.4 is 4.74 Å². The highest BCUT2D eigenvalue weighted by molar-refractivity contribution is 5.48. The molecule has 0 bridgehead atoms. The van der Waals surface area contributed by atoms with E-state index in [4.69, 9.17) is 9.47 Å². The van der Waals surface area contributed by atoms with Crippen LogP contribution in [-0.4, -0.2) is 12.4 Å². The second-order valence-corrected chi connectivity index (χ2v) is 3.91. The number of rotatable bonds is 6. The van der Waals surface area contributed by atoms with Crippen LogP contribution in [0.3, 0.4) is 0 Å². The van der Waals surface area contributed by atoms with Crippen molar-refractivity contribution in [1.82, 2.24) is 0 Å². The third-order valence-corrected chi connectivity index (χ3v) is 2.14. The van der Waals surface area contributed by atoms with Crippen molar-refractivity contribution in [3.05, 3.63) is 36.4 Å². The van der Waals surface area contributed by atoms with Crippen LogP contribution in [0.15, 0.2) is 30.8 Å². The highest BCUT2D eigenvalue weighted by Gasteiger charge is 2.09. The van der Waals surface area contributed by atoms with Crippen molar-refractivity contribution < 1.29 is 9.47 Å². The summed E-state index contributed by atoms with van der Waals surface area (Å²) in [7, 11) is 0. The van der Waals surface area contributed by atoms with Gasteiger partial charge in [-0.05, 0) is 31.5 Å². The van der Waals surface area contributed by atoms with Gasteiger partial charge in [0.1, 0.15) is 5.75 Å². The Morgan fingerprint density at radius 1 is 1.25 bits per heavy atom. The van der Waals surface area contributed by atoms with E-state index >= 15 is 0 Å². The van der Waals surface area contributed by atoms with Crippen LogP contribution in [0.5, 0.6) is 5.75 Å². The molecular weight excluding hydrogens is 200 g/mol. The standard InChI is InChI=1S/C14H20O2/c1-5-12-7-9-13(10-8-12)16-14(6-2)15-11(3)4/h5,7-11,14H,1,6H2,2-4H3. The molecule has 0 heterocycles. The van der Waals surface area contributed by atoms with Gasteiger partial charge in [0.05, 0.1) is 6.10 Å². The molecule has 88 valence electrons. The average Bonchev–Trinajstić information content (AvgIpc) is 2.28. The first-order chi connectivity index (χ1) is 7.65. The molecule has 0 saturated heterocycles. The lowest BCUT2D eigenvalue weighted by Crippen LogP contribution is -2.23. The summed E-state index contributed by atoms with van der Waals surface area (Å²) in [5.74, 6) is 0.832. The molecule has 0 saturated carbocycles. The minimum Gasteiger partial charge on any atom is -0.465 e. The minimum atomic E-state index is -0.172. The first-order valence-corrected chi connectivity index (χ1v) is 5.70. The van der Waals surface area contributed by atoms with Crippen molar-refractivity contribution in [2.24, 2.45) is 0 Å². The lowest BCUT2D eigenvalue weighted by atomic mass is 10.2. The Hall–Kier alpha value is -1.28. The SMILES string of the molecule is C=Cc1ccc(OC(CC)OC(C)C)cc1. The summed E-state index contributed by atoms with van der Waals surface area (Å²) >= 11 is 0. The van der Waals surface area contributed by atoms with Crippen molar-refractivity contribution in [2.45, 2.75) is 39.6 Å². The lowest BCUT2D eigenvalue weighted by Gasteiger charge is -2.20. The van der Waals surface area contributed by atoms with Crippen LogP contribution >= 0.6 is 0 Å². The highest BCUT2D eigenvalue weighted by atomic mass is 16.7. The summed E-state index contributed by atoms with van der Waals surface area (Å²) in [6.07, 6.45) is 2.65. The smallest absolute Gasteiger partial charge is 0.199 e. The van der Waals surface area contributed by atoms with E-state index < -0.39 is 0 Å². The van der Waals surface area contributed by atoms with Gasteiger partial charge in [-0.1, -0.05) is 31.7 Å². The van der Waals surface area contributed by atoms with Gasteiger partial charge < -0.3 is 9.47 Å². The lowest BCUT2D eigenvalue weighted by molar-refractivity contribution is -0.109. The van der Waals surface area contributed by atoms with E-state index in [1.165, 1.54) is 0 Å². The van der Waals surface area contributed by atoms with E-state index in [-0.39, 0.29) is 12.4 Å². The monoisotopic (exact) mass is 220 g/mol. The molecule has 1 aromatic rings. The molecule has 0 aromatic heterocycles. The molecule has 2 nitrogen and oxygen atoms in total. The van der Waals surface area contributed by atoms with Gasteiger partial charge in [0.25, 0.3) is 0 Å². The summed E-state index contributed by atoms with van der Waals surface area (Å²) in [5, 5.41) is 0. The minimum absolute atomic E-state index is 0.172. The molecule has 0 amide bonds. The predicted octanol–water partition coefficient (Wildman–Crippen LogP) is 3.87.